The van der Waals surface area contributed by atoms with E-state index in [0.717, 1.165) is 24.3 Å². The third-order valence-corrected chi connectivity index (χ3v) is 4.44. The fourth-order valence-corrected chi connectivity index (χ4v) is 3.06. The Kier molecular flexibility index (Phi) is 7.40. The topological polar surface area (TPSA) is 89.7 Å². The standard InChI is InChI=1S/C22H26N4O4/c1-4-12-26(14-20(27)23-18-10-5-6-11-19(18)29-3)15-21-24-22(25-30-21)16-8-7-9-17(13-16)28-2/h5-11,13H,4,12,14-15H2,1-3H3,(H,23,27). The number of hydrogen-bond donors (Lipinski definition) is 1. The Morgan fingerprint density at radius 1 is 1.13 bits per heavy atom. The molecule has 0 bridgehead atoms. The number of carbonyl (C=O) groups is 1. The predicted octanol–water partition coefficient (Wildman–Crippen LogP) is 3.60. The van der Waals surface area contributed by atoms with Gasteiger partial charge in [0.05, 0.1) is 33.0 Å². The third-order valence-electron chi connectivity index (χ3n) is 4.44. The van der Waals surface area contributed by atoms with E-state index in [2.05, 4.69) is 22.4 Å². The van der Waals surface area contributed by atoms with Gasteiger partial charge in [0.1, 0.15) is 11.5 Å². The monoisotopic (exact) mass is 410 g/mol. The molecule has 1 N–H and O–H groups in total. The molecule has 0 saturated heterocycles. The van der Waals surface area contributed by atoms with Crippen molar-refractivity contribution in [2.24, 2.45) is 0 Å². The fourth-order valence-electron chi connectivity index (χ4n) is 3.06. The number of para-hydroxylation sites is 2. The molecule has 0 fully saturated rings. The van der Waals surface area contributed by atoms with E-state index in [1.165, 1.54) is 0 Å². The first-order chi connectivity index (χ1) is 14.6. The molecule has 0 radical (unpaired) electrons. The van der Waals surface area contributed by atoms with Crippen LogP contribution in [0.3, 0.4) is 0 Å². The molecule has 0 spiro atoms. The van der Waals surface area contributed by atoms with Gasteiger partial charge in [-0.15, -0.1) is 0 Å². The summed E-state index contributed by atoms with van der Waals surface area (Å²) in [7, 11) is 3.18. The Balaban J connectivity index is 1.65. The Hall–Kier alpha value is -3.39. The van der Waals surface area contributed by atoms with Crippen LogP contribution in [0.2, 0.25) is 0 Å². The second kappa shape index (κ2) is 10.4. The van der Waals surface area contributed by atoms with Crippen molar-refractivity contribution in [3.05, 3.63) is 54.4 Å². The summed E-state index contributed by atoms with van der Waals surface area (Å²) in [5.41, 5.74) is 1.44. The number of methoxy groups -OCH3 is 2. The summed E-state index contributed by atoms with van der Waals surface area (Å²) < 4.78 is 15.9. The zero-order valence-electron chi connectivity index (χ0n) is 17.4. The van der Waals surface area contributed by atoms with Crippen LogP contribution in [0.25, 0.3) is 11.4 Å². The molecule has 8 nitrogen and oxygen atoms in total. The first kappa shape index (κ1) is 21.3. The SMILES string of the molecule is CCCN(CC(=O)Nc1ccccc1OC)Cc1nc(-c2cccc(OC)c2)no1. The van der Waals surface area contributed by atoms with Gasteiger partial charge < -0.3 is 19.3 Å². The molecule has 0 aliphatic carbocycles. The summed E-state index contributed by atoms with van der Waals surface area (Å²) in [6, 6.07) is 14.8. The zero-order valence-corrected chi connectivity index (χ0v) is 17.4. The molecule has 8 heteroatoms. The van der Waals surface area contributed by atoms with E-state index in [-0.39, 0.29) is 12.5 Å². The van der Waals surface area contributed by atoms with E-state index in [4.69, 9.17) is 14.0 Å². The van der Waals surface area contributed by atoms with Crippen LogP contribution in [0.1, 0.15) is 19.2 Å². The molecule has 0 aliphatic rings. The van der Waals surface area contributed by atoms with Crippen molar-refractivity contribution in [3.63, 3.8) is 0 Å². The molecule has 0 saturated carbocycles. The van der Waals surface area contributed by atoms with Gasteiger partial charge in [0.15, 0.2) is 0 Å². The lowest BCUT2D eigenvalue weighted by atomic mass is 10.2. The van der Waals surface area contributed by atoms with E-state index < -0.39 is 0 Å². The van der Waals surface area contributed by atoms with Gasteiger partial charge in [-0.2, -0.15) is 4.98 Å². The molecule has 0 aliphatic heterocycles. The van der Waals surface area contributed by atoms with Crippen molar-refractivity contribution in [1.29, 1.82) is 0 Å². The molecule has 3 rings (SSSR count). The van der Waals surface area contributed by atoms with Crippen molar-refractivity contribution >= 4 is 11.6 Å². The van der Waals surface area contributed by atoms with Gasteiger partial charge in [0, 0.05) is 5.56 Å². The summed E-state index contributed by atoms with van der Waals surface area (Å²) in [5, 5.41) is 6.95. The van der Waals surface area contributed by atoms with E-state index in [9.17, 15) is 4.79 Å². The van der Waals surface area contributed by atoms with Crippen molar-refractivity contribution in [1.82, 2.24) is 15.0 Å². The Morgan fingerprint density at radius 2 is 1.97 bits per heavy atom. The number of carbonyl (C=O) groups excluding carboxylic acids is 1. The van der Waals surface area contributed by atoms with Crippen molar-refractivity contribution in [3.8, 4) is 22.9 Å². The second-order valence-corrected chi connectivity index (χ2v) is 6.70. The highest BCUT2D eigenvalue weighted by atomic mass is 16.5. The van der Waals surface area contributed by atoms with Crippen molar-refractivity contribution < 1.29 is 18.8 Å². The first-order valence-corrected chi connectivity index (χ1v) is 9.75. The molecular formula is C22H26N4O4. The average Bonchev–Trinajstić information content (AvgIpc) is 3.23. The molecule has 3 aromatic rings. The zero-order chi connectivity index (χ0) is 21.3. The highest BCUT2D eigenvalue weighted by molar-refractivity contribution is 5.93. The predicted molar refractivity (Wildman–Crippen MR) is 113 cm³/mol. The Labute approximate surface area is 175 Å². The lowest BCUT2D eigenvalue weighted by Crippen LogP contribution is -2.33. The van der Waals surface area contributed by atoms with E-state index in [0.29, 0.717) is 29.7 Å². The van der Waals surface area contributed by atoms with Crippen molar-refractivity contribution in [2.75, 3.05) is 32.6 Å². The molecule has 30 heavy (non-hydrogen) atoms. The maximum atomic E-state index is 12.6. The van der Waals surface area contributed by atoms with E-state index in [1.807, 2.05) is 41.3 Å². The van der Waals surface area contributed by atoms with Gasteiger partial charge in [-0.25, -0.2) is 0 Å². The van der Waals surface area contributed by atoms with Crippen molar-refractivity contribution in [2.45, 2.75) is 19.9 Å². The van der Waals surface area contributed by atoms with Gasteiger partial charge in [-0.3, -0.25) is 9.69 Å². The lowest BCUT2D eigenvalue weighted by Gasteiger charge is -2.19. The van der Waals surface area contributed by atoms with Crippen LogP contribution in [0.5, 0.6) is 11.5 Å². The van der Waals surface area contributed by atoms with Crippen LogP contribution in [0.4, 0.5) is 5.69 Å². The molecule has 1 aromatic heterocycles. The number of amides is 1. The number of anilines is 1. The normalized spacial score (nSPS) is 10.8. The minimum Gasteiger partial charge on any atom is -0.497 e. The largest absolute Gasteiger partial charge is 0.497 e. The number of nitrogens with one attached hydrogen (secondary N) is 1. The summed E-state index contributed by atoms with van der Waals surface area (Å²) in [5.74, 6) is 2.14. The molecule has 1 amide bonds. The Morgan fingerprint density at radius 3 is 2.73 bits per heavy atom. The molecule has 158 valence electrons. The first-order valence-electron chi connectivity index (χ1n) is 9.75. The van der Waals surface area contributed by atoms with Crippen LogP contribution < -0.4 is 14.8 Å². The van der Waals surface area contributed by atoms with Gasteiger partial charge in [-0.1, -0.05) is 36.3 Å². The number of rotatable bonds is 10. The molecule has 0 unspecified atom stereocenters. The number of benzene rings is 2. The molecule has 1 heterocycles. The van der Waals surface area contributed by atoms with Crippen LogP contribution >= 0.6 is 0 Å². The van der Waals surface area contributed by atoms with E-state index in [1.54, 1.807) is 26.4 Å². The summed E-state index contributed by atoms with van der Waals surface area (Å²) >= 11 is 0. The summed E-state index contributed by atoms with van der Waals surface area (Å²) in [6.45, 7) is 3.35. The molecule has 2 aromatic carbocycles. The molecular weight excluding hydrogens is 384 g/mol. The van der Waals surface area contributed by atoms with Gasteiger partial charge in [0.2, 0.25) is 17.6 Å². The van der Waals surface area contributed by atoms with E-state index >= 15 is 0 Å². The highest BCUT2D eigenvalue weighted by Crippen LogP contribution is 2.23. The third kappa shape index (κ3) is 5.57. The average molecular weight is 410 g/mol. The maximum Gasteiger partial charge on any atom is 0.241 e. The summed E-state index contributed by atoms with van der Waals surface area (Å²) in [4.78, 5) is 19.0. The minimum atomic E-state index is -0.138. The fraction of sp³-hybridized carbons (Fsp3) is 0.318. The summed E-state index contributed by atoms with van der Waals surface area (Å²) in [6.07, 6.45) is 0.888. The van der Waals surface area contributed by atoms with Gasteiger partial charge >= 0.3 is 0 Å². The second-order valence-electron chi connectivity index (χ2n) is 6.70. The van der Waals surface area contributed by atoms with Crippen LogP contribution in [0, 0.1) is 0 Å². The van der Waals surface area contributed by atoms with Gasteiger partial charge in [0.25, 0.3) is 0 Å². The number of aromatic nitrogens is 2. The number of ether oxygens (including phenoxy) is 2. The maximum absolute atomic E-state index is 12.6. The van der Waals surface area contributed by atoms with Crippen LogP contribution in [-0.4, -0.2) is 48.3 Å². The van der Waals surface area contributed by atoms with Gasteiger partial charge in [-0.05, 0) is 37.2 Å². The highest BCUT2D eigenvalue weighted by Gasteiger charge is 2.17. The lowest BCUT2D eigenvalue weighted by molar-refractivity contribution is -0.117. The van der Waals surface area contributed by atoms with Crippen LogP contribution in [0.15, 0.2) is 53.1 Å². The minimum absolute atomic E-state index is 0.138. The van der Waals surface area contributed by atoms with Crippen LogP contribution in [-0.2, 0) is 11.3 Å². The molecule has 0 atom stereocenters. The number of nitrogens with zero attached hydrogens (tertiary/aromatic N) is 3. The Bertz CT molecular complexity index is 973. The number of hydrogen-bond acceptors (Lipinski definition) is 7. The quantitative estimate of drug-likeness (QED) is 0.546. The smallest absolute Gasteiger partial charge is 0.241 e.